The average Bonchev–Trinajstić information content (AvgIpc) is 3.23. The van der Waals surface area contributed by atoms with Crippen LogP contribution in [0.15, 0.2) is 41.1 Å². The van der Waals surface area contributed by atoms with E-state index in [1.807, 2.05) is 23.8 Å². The molecule has 0 bridgehead atoms. The number of primary amides is 1. The average molecular weight is 419 g/mol. The lowest BCUT2D eigenvalue weighted by Crippen LogP contribution is -2.12. The van der Waals surface area contributed by atoms with Gasteiger partial charge in [0, 0.05) is 28.2 Å². The van der Waals surface area contributed by atoms with Crippen molar-refractivity contribution in [3.05, 3.63) is 69.3 Å². The molecule has 0 radical (unpaired) electrons. The van der Waals surface area contributed by atoms with Crippen molar-refractivity contribution in [1.29, 1.82) is 0 Å². The first-order valence-corrected chi connectivity index (χ1v) is 8.96. The standard InChI is InChI=1S/C19H13Cl2FN4O2/c1-9-7-26(8-10-2-3-11(20)4-15(10)21)16-13(9)5-12(22)6-14(16)19-24-18(17(23)27)25-28-19/h2-7H,8H2,1H3,(H2,23,27). The minimum Gasteiger partial charge on any atom is -0.363 e. The van der Waals surface area contributed by atoms with Gasteiger partial charge in [-0.2, -0.15) is 4.98 Å². The molecule has 4 rings (SSSR count). The van der Waals surface area contributed by atoms with E-state index in [1.165, 1.54) is 12.1 Å². The third-order valence-corrected chi connectivity index (χ3v) is 4.96. The number of nitrogens with two attached hydrogens (primary N) is 1. The SMILES string of the molecule is Cc1cn(Cc2ccc(Cl)cc2Cl)c2c(-c3nc(C(N)=O)no3)cc(F)cc12. The molecule has 28 heavy (non-hydrogen) atoms. The van der Waals surface area contributed by atoms with E-state index in [4.69, 9.17) is 33.5 Å². The molecule has 0 spiro atoms. The van der Waals surface area contributed by atoms with E-state index in [9.17, 15) is 9.18 Å². The Morgan fingerprint density at radius 2 is 2.07 bits per heavy atom. The predicted molar refractivity (Wildman–Crippen MR) is 104 cm³/mol. The van der Waals surface area contributed by atoms with Crippen LogP contribution in [-0.2, 0) is 6.54 Å². The quantitative estimate of drug-likeness (QED) is 0.524. The number of aromatic nitrogens is 3. The predicted octanol–water partition coefficient (Wildman–Crippen LogP) is 4.59. The molecular weight excluding hydrogens is 406 g/mol. The molecule has 2 N–H and O–H groups in total. The first-order chi connectivity index (χ1) is 13.3. The summed E-state index contributed by atoms with van der Waals surface area (Å²) in [6.45, 7) is 2.28. The Morgan fingerprint density at radius 1 is 1.29 bits per heavy atom. The van der Waals surface area contributed by atoms with Crippen molar-refractivity contribution in [1.82, 2.24) is 14.7 Å². The Kier molecular flexibility index (Phi) is 4.56. The number of amides is 1. The minimum absolute atomic E-state index is 0.000136. The third kappa shape index (κ3) is 3.23. The lowest BCUT2D eigenvalue weighted by molar-refractivity contribution is 0.0987. The number of hydrogen-bond donors (Lipinski definition) is 1. The van der Waals surface area contributed by atoms with Gasteiger partial charge in [-0.1, -0.05) is 34.4 Å². The number of carbonyl (C=O) groups is 1. The van der Waals surface area contributed by atoms with Crippen LogP contribution >= 0.6 is 23.2 Å². The molecule has 6 nitrogen and oxygen atoms in total. The van der Waals surface area contributed by atoms with Gasteiger partial charge in [0.2, 0.25) is 0 Å². The normalized spacial score (nSPS) is 11.3. The first-order valence-electron chi connectivity index (χ1n) is 8.20. The number of rotatable bonds is 4. The van der Waals surface area contributed by atoms with E-state index in [0.29, 0.717) is 33.1 Å². The van der Waals surface area contributed by atoms with Crippen molar-refractivity contribution in [3.8, 4) is 11.5 Å². The molecule has 0 atom stereocenters. The second kappa shape index (κ2) is 6.92. The summed E-state index contributed by atoms with van der Waals surface area (Å²) >= 11 is 12.3. The van der Waals surface area contributed by atoms with Crippen LogP contribution in [0.2, 0.25) is 10.0 Å². The fraction of sp³-hybridized carbons (Fsp3) is 0.105. The first kappa shape index (κ1) is 18.5. The molecule has 1 amide bonds. The summed E-state index contributed by atoms with van der Waals surface area (Å²) in [5, 5.41) is 5.28. The number of fused-ring (bicyclic) bond motifs is 1. The van der Waals surface area contributed by atoms with Gasteiger partial charge in [-0.25, -0.2) is 4.39 Å². The van der Waals surface area contributed by atoms with Crippen molar-refractivity contribution in [2.24, 2.45) is 5.73 Å². The van der Waals surface area contributed by atoms with E-state index in [2.05, 4.69) is 10.1 Å². The molecule has 0 saturated heterocycles. The second-order valence-corrected chi connectivity index (χ2v) is 7.16. The largest absolute Gasteiger partial charge is 0.363 e. The molecule has 2 aromatic carbocycles. The van der Waals surface area contributed by atoms with Crippen LogP contribution in [0.1, 0.15) is 21.7 Å². The van der Waals surface area contributed by atoms with Gasteiger partial charge in [0.05, 0.1) is 11.1 Å². The van der Waals surface area contributed by atoms with Gasteiger partial charge in [-0.3, -0.25) is 4.79 Å². The van der Waals surface area contributed by atoms with Gasteiger partial charge in [0.15, 0.2) is 0 Å². The fourth-order valence-corrected chi connectivity index (χ4v) is 3.60. The van der Waals surface area contributed by atoms with Crippen LogP contribution in [0.3, 0.4) is 0 Å². The zero-order valence-electron chi connectivity index (χ0n) is 14.5. The van der Waals surface area contributed by atoms with Crippen LogP contribution < -0.4 is 5.73 Å². The van der Waals surface area contributed by atoms with E-state index < -0.39 is 11.7 Å². The minimum atomic E-state index is -0.831. The van der Waals surface area contributed by atoms with Crippen molar-refractivity contribution in [2.45, 2.75) is 13.5 Å². The lowest BCUT2D eigenvalue weighted by Gasteiger charge is -2.10. The van der Waals surface area contributed by atoms with Crippen LogP contribution in [0.25, 0.3) is 22.4 Å². The highest BCUT2D eigenvalue weighted by atomic mass is 35.5. The summed E-state index contributed by atoms with van der Waals surface area (Å²) in [5.41, 5.74) is 7.90. The van der Waals surface area contributed by atoms with Crippen molar-refractivity contribution in [2.75, 3.05) is 0 Å². The number of aryl methyl sites for hydroxylation is 1. The maximum absolute atomic E-state index is 14.2. The number of nitrogens with zero attached hydrogens (tertiary/aromatic N) is 3. The van der Waals surface area contributed by atoms with Crippen molar-refractivity contribution >= 4 is 40.0 Å². The molecule has 142 valence electrons. The van der Waals surface area contributed by atoms with Crippen LogP contribution in [-0.4, -0.2) is 20.6 Å². The second-order valence-electron chi connectivity index (χ2n) is 6.31. The molecule has 4 aromatic rings. The molecule has 2 heterocycles. The van der Waals surface area contributed by atoms with Gasteiger partial charge in [0.25, 0.3) is 17.6 Å². The van der Waals surface area contributed by atoms with Gasteiger partial charge >= 0.3 is 0 Å². The fourth-order valence-electron chi connectivity index (χ4n) is 3.13. The van der Waals surface area contributed by atoms with Gasteiger partial charge < -0.3 is 14.8 Å². The summed E-state index contributed by atoms with van der Waals surface area (Å²) in [5.74, 6) is -1.57. The smallest absolute Gasteiger partial charge is 0.290 e. The molecule has 0 aliphatic heterocycles. The Hall–Kier alpha value is -2.90. The summed E-state index contributed by atoms with van der Waals surface area (Å²) in [6.07, 6.45) is 1.88. The summed E-state index contributed by atoms with van der Waals surface area (Å²) in [4.78, 5) is 15.3. The maximum atomic E-state index is 14.2. The lowest BCUT2D eigenvalue weighted by atomic mass is 10.1. The molecule has 0 fully saturated rings. The highest BCUT2D eigenvalue weighted by Crippen LogP contribution is 2.33. The summed E-state index contributed by atoms with van der Waals surface area (Å²) < 4.78 is 21.3. The van der Waals surface area contributed by atoms with E-state index in [0.717, 1.165) is 11.1 Å². The molecule has 2 aromatic heterocycles. The topological polar surface area (TPSA) is 86.9 Å². The zero-order chi connectivity index (χ0) is 20.0. The number of carbonyl (C=O) groups excluding carboxylic acids is 1. The molecule has 0 aliphatic rings. The highest BCUT2D eigenvalue weighted by Gasteiger charge is 2.20. The van der Waals surface area contributed by atoms with Crippen LogP contribution in [0.5, 0.6) is 0 Å². The van der Waals surface area contributed by atoms with Crippen molar-refractivity contribution in [3.63, 3.8) is 0 Å². The molecule has 0 aliphatic carbocycles. The van der Waals surface area contributed by atoms with E-state index >= 15 is 0 Å². The molecule has 9 heteroatoms. The van der Waals surface area contributed by atoms with Gasteiger partial charge in [0.1, 0.15) is 5.82 Å². The van der Waals surface area contributed by atoms with Crippen molar-refractivity contribution < 1.29 is 13.7 Å². The maximum Gasteiger partial charge on any atom is 0.290 e. The van der Waals surface area contributed by atoms with Crippen LogP contribution in [0.4, 0.5) is 4.39 Å². The number of benzene rings is 2. The third-order valence-electron chi connectivity index (χ3n) is 4.37. The van der Waals surface area contributed by atoms with Crippen LogP contribution in [0, 0.1) is 12.7 Å². The zero-order valence-corrected chi connectivity index (χ0v) is 16.1. The van der Waals surface area contributed by atoms with Gasteiger partial charge in [-0.05, 0) is 42.3 Å². The van der Waals surface area contributed by atoms with E-state index in [1.54, 1.807) is 12.1 Å². The molecule has 0 unspecified atom stereocenters. The monoisotopic (exact) mass is 418 g/mol. The highest BCUT2D eigenvalue weighted by molar-refractivity contribution is 6.35. The summed E-state index contributed by atoms with van der Waals surface area (Å²) in [7, 11) is 0. The number of hydrogen-bond acceptors (Lipinski definition) is 4. The summed E-state index contributed by atoms with van der Waals surface area (Å²) in [6, 6.07) is 7.94. The Balaban J connectivity index is 1.91. The van der Waals surface area contributed by atoms with Gasteiger partial charge in [-0.15, -0.1) is 0 Å². The number of halogens is 3. The Morgan fingerprint density at radius 3 is 2.75 bits per heavy atom. The molecule has 0 saturated carbocycles. The molecular formula is C19H13Cl2FN4O2. The Bertz CT molecular complexity index is 1230. The van der Waals surface area contributed by atoms with E-state index in [-0.39, 0.29) is 11.7 Å². The Labute approximate surface area is 168 Å².